The molecule has 1 aromatic heterocycles. The summed E-state index contributed by atoms with van der Waals surface area (Å²) in [6.07, 6.45) is 1.31. The van der Waals surface area contributed by atoms with Crippen LogP contribution in [0.5, 0.6) is 0 Å². The van der Waals surface area contributed by atoms with Crippen LogP contribution in [0, 0.1) is 0 Å². The van der Waals surface area contributed by atoms with Crippen molar-refractivity contribution in [2.45, 2.75) is 12.6 Å². The molecule has 2 rings (SSSR count). The lowest BCUT2D eigenvalue weighted by Crippen LogP contribution is -2.41. The predicted molar refractivity (Wildman–Crippen MR) is 82.3 cm³/mol. The minimum atomic E-state index is -0.532. The molecular formula is C15H18N4O3. The maximum atomic E-state index is 11.9. The highest BCUT2D eigenvalue weighted by atomic mass is 16.2. The molecule has 0 saturated carbocycles. The fourth-order valence-electron chi connectivity index (χ4n) is 1.99. The first kappa shape index (κ1) is 15.7. The lowest BCUT2D eigenvalue weighted by Gasteiger charge is -2.13. The van der Waals surface area contributed by atoms with E-state index < -0.39 is 11.2 Å². The van der Waals surface area contributed by atoms with Crippen LogP contribution in [0.2, 0.25) is 0 Å². The third-order valence-electron chi connectivity index (χ3n) is 3.32. The van der Waals surface area contributed by atoms with E-state index >= 15 is 0 Å². The van der Waals surface area contributed by atoms with E-state index in [1.807, 2.05) is 30.3 Å². The molecule has 7 nitrogen and oxygen atoms in total. The first-order valence-electron chi connectivity index (χ1n) is 6.82. The summed E-state index contributed by atoms with van der Waals surface area (Å²) < 4.78 is 2.12. The maximum Gasteiger partial charge on any atom is 0.331 e. The largest absolute Gasteiger partial charge is 0.353 e. The normalized spacial score (nSPS) is 11.9. The molecule has 0 spiro atoms. The molecule has 0 fully saturated rings. The van der Waals surface area contributed by atoms with Crippen molar-refractivity contribution in [3.8, 4) is 0 Å². The minimum Gasteiger partial charge on any atom is -0.353 e. The Morgan fingerprint density at radius 2 is 1.91 bits per heavy atom. The Hall–Kier alpha value is -2.67. The summed E-state index contributed by atoms with van der Waals surface area (Å²) in [6.45, 7) is 0.109. The van der Waals surface area contributed by atoms with Gasteiger partial charge in [-0.25, -0.2) is 4.79 Å². The monoisotopic (exact) mass is 302 g/mol. The molecule has 1 amide bonds. The summed E-state index contributed by atoms with van der Waals surface area (Å²) >= 11 is 0. The Labute approximate surface area is 127 Å². The summed E-state index contributed by atoms with van der Waals surface area (Å²) in [6, 6.07) is 10.3. The van der Waals surface area contributed by atoms with Crippen molar-refractivity contribution in [2.24, 2.45) is 12.8 Å². The lowest BCUT2D eigenvalue weighted by molar-refractivity contribution is -0.121. The molecule has 3 N–H and O–H groups in total. The molecule has 1 heterocycles. The Morgan fingerprint density at radius 1 is 1.23 bits per heavy atom. The summed E-state index contributed by atoms with van der Waals surface area (Å²) in [5, 5.41) is 2.68. The zero-order valence-electron chi connectivity index (χ0n) is 12.2. The fourth-order valence-corrected chi connectivity index (χ4v) is 1.99. The van der Waals surface area contributed by atoms with Crippen molar-refractivity contribution in [1.82, 2.24) is 14.5 Å². The average Bonchev–Trinajstić information content (AvgIpc) is 2.54. The molecule has 116 valence electrons. The zero-order chi connectivity index (χ0) is 16.1. The van der Waals surface area contributed by atoms with Crippen molar-refractivity contribution in [2.75, 3.05) is 6.54 Å². The van der Waals surface area contributed by atoms with Crippen LogP contribution in [0.4, 0.5) is 0 Å². The molecule has 0 aliphatic heterocycles. The van der Waals surface area contributed by atoms with Crippen LogP contribution in [-0.2, 0) is 18.4 Å². The van der Waals surface area contributed by atoms with Crippen molar-refractivity contribution in [3.63, 3.8) is 0 Å². The lowest BCUT2D eigenvalue weighted by atomic mass is 10.1. The van der Waals surface area contributed by atoms with Crippen LogP contribution in [-0.4, -0.2) is 21.6 Å². The average molecular weight is 302 g/mol. The zero-order valence-corrected chi connectivity index (χ0v) is 12.2. The Bertz CT molecular complexity index is 764. The second-order valence-electron chi connectivity index (χ2n) is 4.94. The van der Waals surface area contributed by atoms with Gasteiger partial charge in [0.1, 0.15) is 6.54 Å². The van der Waals surface area contributed by atoms with E-state index in [9.17, 15) is 14.4 Å². The standard InChI is InChI=1S/C15H18N4O3/c1-18-14(21)7-8-19(15(18)22)10-13(20)17-9-12(16)11-5-3-2-4-6-11/h2-8,12H,9-10,16H2,1H3,(H,17,20). The van der Waals surface area contributed by atoms with E-state index in [1.165, 1.54) is 23.9 Å². The summed E-state index contributed by atoms with van der Waals surface area (Å²) in [5.41, 5.74) is 5.96. The highest BCUT2D eigenvalue weighted by Gasteiger charge is 2.10. The molecule has 1 unspecified atom stereocenters. The number of amides is 1. The minimum absolute atomic E-state index is 0.158. The van der Waals surface area contributed by atoms with Gasteiger partial charge in [-0.2, -0.15) is 0 Å². The third-order valence-corrected chi connectivity index (χ3v) is 3.32. The number of nitrogens with zero attached hydrogens (tertiary/aromatic N) is 2. The first-order valence-corrected chi connectivity index (χ1v) is 6.82. The fraction of sp³-hybridized carbons (Fsp3) is 0.267. The number of hydrogen-bond acceptors (Lipinski definition) is 4. The van der Waals surface area contributed by atoms with Crippen molar-refractivity contribution in [1.29, 1.82) is 0 Å². The molecule has 2 aromatic rings. The number of benzene rings is 1. The van der Waals surface area contributed by atoms with Gasteiger partial charge >= 0.3 is 5.69 Å². The summed E-state index contributed by atoms with van der Waals surface area (Å²) in [7, 11) is 1.37. The molecular weight excluding hydrogens is 284 g/mol. The van der Waals surface area contributed by atoms with Crippen molar-refractivity contribution >= 4 is 5.91 Å². The van der Waals surface area contributed by atoms with Crippen LogP contribution in [0.25, 0.3) is 0 Å². The maximum absolute atomic E-state index is 11.9. The first-order chi connectivity index (χ1) is 10.5. The van der Waals surface area contributed by atoms with Gasteiger partial charge in [0.15, 0.2) is 0 Å². The van der Waals surface area contributed by atoms with E-state index in [0.717, 1.165) is 10.1 Å². The van der Waals surface area contributed by atoms with E-state index in [0.29, 0.717) is 0 Å². The summed E-state index contributed by atoms with van der Waals surface area (Å²) in [5.74, 6) is -0.341. The SMILES string of the molecule is Cn1c(=O)ccn(CC(=O)NCC(N)c2ccccc2)c1=O. The molecule has 22 heavy (non-hydrogen) atoms. The van der Waals surface area contributed by atoms with Gasteiger partial charge < -0.3 is 11.1 Å². The van der Waals surface area contributed by atoms with E-state index in [1.54, 1.807) is 0 Å². The molecule has 7 heteroatoms. The van der Waals surface area contributed by atoms with Gasteiger partial charge in [-0.1, -0.05) is 30.3 Å². The number of hydrogen-bond donors (Lipinski definition) is 2. The quantitative estimate of drug-likeness (QED) is 0.767. The number of rotatable bonds is 5. The number of carbonyl (C=O) groups excluding carboxylic acids is 1. The van der Waals surface area contributed by atoms with Gasteiger partial charge in [-0.3, -0.25) is 18.7 Å². The van der Waals surface area contributed by atoms with Gasteiger partial charge in [-0.05, 0) is 5.56 Å². The second-order valence-corrected chi connectivity index (χ2v) is 4.94. The van der Waals surface area contributed by atoms with Gasteiger partial charge in [-0.15, -0.1) is 0 Å². The molecule has 0 bridgehead atoms. The van der Waals surface area contributed by atoms with Gasteiger partial charge in [0.2, 0.25) is 5.91 Å². The molecule has 1 aromatic carbocycles. The van der Waals surface area contributed by atoms with E-state index in [4.69, 9.17) is 5.73 Å². The van der Waals surface area contributed by atoms with E-state index in [2.05, 4.69) is 5.32 Å². The van der Waals surface area contributed by atoms with Crippen molar-refractivity contribution in [3.05, 3.63) is 69.0 Å². The van der Waals surface area contributed by atoms with Crippen LogP contribution in [0.15, 0.2) is 52.2 Å². The Morgan fingerprint density at radius 3 is 2.59 bits per heavy atom. The molecule has 0 aliphatic rings. The number of aromatic nitrogens is 2. The van der Waals surface area contributed by atoms with Crippen LogP contribution < -0.4 is 22.3 Å². The van der Waals surface area contributed by atoms with Gasteiger partial charge in [0.05, 0.1) is 0 Å². The smallest absolute Gasteiger partial charge is 0.331 e. The van der Waals surface area contributed by atoms with Gasteiger partial charge in [0.25, 0.3) is 5.56 Å². The Kier molecular flexibility index (Phi) is 4.90. The molecule has 0 saturated heterocycles. The topological polar surface area (TPSA) is 99.1 Å². The number of nitrogens with two attached hydrogens (primary N) is 1. The highest BCUT2D eigenvalue weighted by molar-refractivity contribution is 5.75. The molecule has 0 aliphatic carbocycles. The second kappa shape index (κ2) is 6.86. The van der Waals surface area contributed by atoms with Crippen LogP contribution in [0.3, 0.4) is 0 Å². The van der Waals surface area contributed by atoms with Gasteiger partial charge in [0, 0.05) is 31.9 Å². The number of carbonyl (C=O) groups is 1. The highest BCUT2D eigenvalue weighted by Crippen LogP contribution is 2.07. The van der Waals surface area contributed by atoms with Crippen LogP contribution >= 0.6 is 0 Å². The number of nitrogens with one attached hydrogen (secondary N) is 1. The predicted octanol–water partition coefficient (Wildman–Crippen LogP) is -0.637. The van der Waals surface area contributed by atoms with Crippen LogP contribution in [0.1, 0.15) is 11.6 Å². The molecule has 1 atom stereocenters. The van der Waals surface area contributed by atoms with Crippen molar-refractivity contribution < 1.29 is 4.79 Å². The Balaban J connectivity index is 1.95. The molecule has 0 radical (unpaired) electrons. The van der Waals surface area contributed by atoms with E-state index in [-0.39, 0.29) is 25.0 Å². The summed E-state index contributed by atoms with van der Waals surface area (Å²) in [4.78, 5) is 35.0. The third kappa shape index (κ3) is 3.70.